The van der Waals surface area contributed by atoms with E-state index in [0.29, 0.717) is 12.5 Å². The summed E-state index contributed by atoms with van der Waals surface area (Å²) in [6.07, 6.45) is 2.49. The van der Waals surface area contributed by atoms with Gasteiger partial charge < -0.3 is 15.7 Å². The van der Waals surface area contributed by atoms with E-state index in [4.69, 9.17) is 5.11 Å². The van der Waals surface area contributed by atoms with E-state index in [0.717, 1.165) is 5.92 Å². The molecule has 5 heteroatoms. The standard InChI is InChI=1S/C10H18N2O3/c1-6(8-3-4-8)5-11-10(15)12-7(2)9(13)14/h6-8H,3-5H2,1-2H3,(H,13,14)(H2,11,12,15)/t6?,7-/m1/s1. The number of hydrogen-bond acceptors (Lipinski definition) is 2. The van der Waals surface area contributed by atoms with Gasteiger partial charge in [-0.05, 0) is 31.6 Å². The van der Waals surface area contributed by atoms with Crippen LogP contribution in [0.2, 0.25) is 0 Å². The Kier molecular flexibility index (Phi) is 3.94. The lowest BCUT2D eigenvalue weighted by Gasteiger charge is -2.13. The third-order valence-corrected chi connectivity index (χ3v) is 2.73. The SMILES string of the molecule is CC(CNC(=O)N[C@H](C)C(=O)O)C1CC1. The number of carbonyl (C=O) groups excluding carboxylic acids is 1. The Hall–Kier alpha value is -1.26. The Balaban J connectivity index is 2.14. The molecule has 1 rings (SSSR count). The maximum atomic E-state index is 11.2. The van der Waals surface area contributed by atoms with Crippen molar-refractivity contribution < 1.29 is 14.7 Å². The number of aliphatic carboxylic acids is 1. The topological polar surface area (TPSA) is 78.4 Å². The van der Waals surface area contributed by atoms with Crippen molar-refractivity contribution in [3.8, 4) is 0 Å². The summed E-state index contributed by atoms with van der Waals surface area (Å²) in [6, 6.07) is -1.25. The molecule has 86 valence electrons. The van der Waals surface area contributed by atoms with Crippen LogP contribution < -0.4 is 10.6 Å². The highest BCUT2D eigenvalue weighted by molar-refractivity contribution is 5.82. The molecule has 0 spiro atoms. The predicted molar refractivity (Wildman–Crippen MR) is 55.5 cm³/mol. The molecule has 1 aliphatic rings. The first-order valence-corrected chi connectivity index (χ1v) is 5.28. The third-order valence-electron chi connectivity index (χ3n) is 2.73. The van der Waals surface area contributed by atoms with Crippen molar-refractivity contribution in [2.75, 3.05) is 6.54 Å². The van der Waals surface area contributed by atoms with Gasteiger partial charge in [0.2, 0.25) is 0 Å². The van der Waals surface area contributed by atoms with Crippen LogP contribution >= 0.6 is 0 Å². The van der Waals surface area contributed by atoms with E-state index in [1.54, 1.807) is 0 Å². The quantitative estimate of drug-likeness (QED) is 0.633. The maximum Gasteiger partial charge on any atom is 0.325 e. The van der Waals surface area contributed by atoms with Crippen LogP contribution in [0.15, 0.2) is 0 Å². The van der Waals surface area contributed by atoms with Gasteiger partial charge >= 0.3 is 12.0 Å². The largest absolute Gasteiger partial charge is 0.480 e. The second-order valence-corrected chi connectivity index (χ2v) is 4.23. The van der Waals surface area contributed by atoms with Crippen LogP contribution in [-0.4, -0.2) is 29.7 Å². The molecule has 0 bridgehead atoms. The molecule has 0 radical (unpaired) electrons. The van der Waals surface area contributed by atoms with Crippen LogP contribution in [0, 0.1) is 11.8 Å². The Labute approximate surface area is 89.2 Å². The first-order valence-electron chi connectivity index (χ1n) is 5.28. The lowest BCUT2D eigenvalue weighted by atomic mass is 10.1. The Bertz CT molecular complexity index is 251. The lowest BCUT2D eigenvalue weighted by Crippen LogP contribution is -2.45. The highest BCUT2D eigenvalue weighted by atomic mass is 16.4. The van der Waals surface area contributed by atoms with Gasteiger partial charge in [-0.2, -0.15) is 0 Å². The van der Waals surface area contributed by atoms with Gasteiger partial charge in [-0.3, -0.25) is 4.79 Å². The van der Waals surface area contributed by atoms with Crippen LogP contribution in [0.4, 0.5) is 4.79 Å². The first-order chi connectivity index (χ1) is 7.00. The monoisotopic (exact) mass is 214 g/mol. The van der Waals surface area contributed by atoms with Gasteiger partial charge in [-0.25, -0.2) is 4.79 Å². The fourth-order valence-corrected chi connectivity index (χ4v) is 1.40. The molecule has 0 heterocycles. The minimum atomic E-state index is -1.03. The van der Waals surface area contributed by atoms with Gasteiger partial charge in [0.15, 0.2) is 0 Å². The molecule has 1 fully saturated rings. The summed E-state index contributed by atoms with van der Waals surface area (Å²) in [5, 5.41) is 13.6. The molecule has 0 aromatic heterocycles. The second-order valence-electron chi connectivity index (χ2n) is 4.23. The first kappa shape index (κ1) is 11.8. The van der Waals surface area contributed by atoms with Gasteiger partial charge in [-0.15, -0.1) is 0 Å². The van der Waals surface area contributed by atoms with Crippen molar-refractivity contribution in [1.29, 1.82) is 0 Å². The van der Waals surface area contributed by atoms with Crippen molar-refractivity contribution in [3.63, 3.8) is 0 Å². The zero-order valence-electron chi connectivity index (χ0n) is 9.12. The molecule has 5 nitrogen and oxygen atoms in total. The van der Waals surface area contributed by atoms with Crippen molar-refractivity contribution >= 4 is 12.0 Å². The minimum Gasteiger partial charge on any atom is -0.480 e. The average Bonchev–Trinajstić information content (AvgIpc) is 2.96. The van der Waals surface area contributed by atoms with E-state index in [1.807, 2.05) is 0 Å². The van der Waals surface area contributed by atoms with Crippen molar-refractivity contribution in [1.82, 2.24) is 10.6 Å². The zero-order valence-corrected chi connectivity index (χ0v) is 9.12. The van der Waals surface area contributed by atoms with Crippen molar-refractivity contribution in [2.24, 2.45) is 11.8 Å². The molecule has 2 amide bonds. The molecule has 3 N–H and O–H groups in total. The number of carbonyl (C=O) groups is 2. The van der Waals surface area contributed by atoms with Gasteiger partial charge in [0.25, 0.3) is 0 Å². The summed E-state index contributed by atoms with van der Waals surface area (Å²) in [5.74, 6) is 0.193. The van der Waals surface area contributed by atoms with Crippen LogP contribution in [-0.2, 0) is 4.79 Å². The van der Waals surface area contributed by atoms with E-state index >= 15 is 0 Å². The predicted octanol–water partition coefficient (Wildman–Crippen LogP) is 0.805. The zero-order chi connectivity index (χ0) is 11.4. The summed E-state index contributed by atoms with van der Waals surface area (Å²) >= 11 is 0. The van der Waals surface area contributed by atoms with Crippen LogP contribution in [0.3, 0.4) is 0 Å². The van der Waals surface area contributed by atoms with Crippen LogP contribution in [0.5, 0.6) is 0 Å². The van der Waals surface area contributed by atoms with E-state index in [9.17, 15) is 9.59 Å². The summed E-state index contributed by atoms with van der Waals surface area (Å²) in [6.45, 7) is 4.15. The van der Waals surface area contributed by atoms with Gasteiger partial charge in [0, 0.05) is 6.54 Å². The fraction of sp³-hybridized carbons (Fsp3) is 0.800. The summed E-state index contributed by atoms with van der Waals surface area (Å²) in [4.78, 5) is 21.7. The second kappa shape index (κ2) is 5.00. The van der Waals surface area contributed by atoms with Crippen molar-refractivity contribution in [3.05, 3.63) is 0 Å². The fourth-order valence-electron chi connectivity index (χ4n) is 1.40. The summed E-state index contributed by atoms with van der Waals surface area (Å²) < 4.78 is 0. The molecule has 15 heavy (non-hydrogen) atoms. The molecule has 0 saturated heterocycles. The van der Waals surface area contributed by atoms with Crippen LogP contribution in [0.1, 0.15) is 26.7 Å². The van der Waals surface area contributed by atoms with E-state index in [2.05, 4.69) is 17.6 Å². The molecule has 1 unspecified atom stereocenters. The van der Waals surface area contributed by atoms with Gasteiger partial charge in [0.05, 0.1) is 0 Å². The lowest BCUT2D eigenvalue weighted by molar-refractivity contribution is -0.138. The number of urea groups is 1. The Morgan fingerprint density at radius 1 is 1.40 bits per heavy atom. The van der Waals surface area contributed by atoms with Crippen LogP contribution in [0.25, 0.3) is 0 Å². The minimum absolute atomic E-state index is 0.405. The number of nitrogens with one attached hydrogen (secondary N) is 2. The number of carboxylic acids is 1. The number of rotatable bonds is 5. The van der Waals surface area contributed by atoms with E-state index in [1.165, 1.54) is 19.8 Å². The molecule has 1 aliphatic carbocycles. The molecule has 0 aromatic rings. The number of hydrogen-bond donors (Lipinski definition) is 3. The van der Waals surface area contributed by atoms with E-state index < -0.39 is 18.0 Å². The Morgan fingerprint density at radius 2 is 2.00 bits per heavy atom. The molecular formula is C10H18N2O3. The van der Waals surface area contributed by atoms with Gasteiger partial charge in [-0.1, -0.05) is 6.92 Å². The van der Waals surface area contributed by atoms with Gasteiger partial charge in [0.1, 0.15) is 6.04 Å². The summed E-state index contributed by atoms with van der Waals surface area (Å²) in [5.41, 5.74) is 0. The average molecular weight is 214 g/mol. The van der Waals surface area contributed by atoms with E-state index in [-0.39, 0.29) is 0 Å². The molecule has 0 aromatic carbocycles. The molecule has 1 saturated carbocycles. The number of amides is 2. The molecule has 2 atom stereocenters. The summed E-state index contributed by atoms with van der Waals surface area (Å²) in [7, 11) is 0. The molecular weight excluding hydrogens is 196 g/mol. The third kappa shape index (κ3) is 4.18. The molecule has 0 aliphatic heterocycles. The number of carboxylic acid groups (broad SMARTS) is 1. The Morgan fingerprint density at radius 3 is 2.47 bits per heavy atom. The smallest absolute Gasteiger partial charge is 0.325 e. The maximum absolute atomic E-state index is 11.2. The highest BCUT2D eigenvalue weighted by Crippen LogP contribution is 2.35. The highest BCUT2D eigenvalue weighted by Gasteiger charge is 2.27. The normalized spacial score (nSPS) is 19.1. The van der Waals surface area contributed by atoms with Crippen molar-refractivity contribution in [2.45, 2.75) is 32.7 Å².